The molecule has 2 aliphatic heterocycles. The van der Waals surface area contributed by atoms with E-state index in [-0.39, 0.29) is 61.2 Å². The summed E-state index contributed by atoms with van der Waals surface area (Å²) in [5.41, 5.74) is -1.46. The number of hydrogen-bond acceptors (Lipinski definition) is 11. The van der Waals surface area contributed by atoms with Crippen molar-refractivity contribution in [3.63, 3.8) is 0 Å². The molecule has 2 bridgehead atoms. The van der Waals surface area contributed by atoms with Gasteiger partial charge in [0.25, 0.3) is 17.5 Å². The SMILES string of the molecule is C=C[C@H]1C[C@]1(NC(=O)[C@@H]1C[C@@H]2CN1C(=O)[C@H](C1CCCC1)CC(=O)O[C@@H]1CCC[C@H]1CCCCCn1c(nc3cc(OC)ccc3c1=O)O2)C(=O)NS(=O)(=O)C1CC1. The second kappa shape index (κ2) is 16.3. The zero-order valence-electron chi connectivity index (χ0n) is 33.2. The highest BCUT2D eigenvalue weighted by atomic mass is 32.2. The lowest BCUT2D eigenvalue weighted by Crippen LogP contribution is -2.57. The number of nitrogens with one attached hydrogen (secondary N) is 2. The summed E-state index contributed by atoms with van der Waals surface area (Å²) in [5.74, 6) is -2.89. The molecule has 3 amide bonds. The van der Waals surface area contributed by atoms with Gasteiger partial charge in [0, 0.05) is 24.9 Å². The predicted molar refractivity (Wildman–Crippen MR) is 212 cm³/mol. The summed E-state index contributed by atoms with van der Waals surface area (Å²) in [5, 5.41) is 2.60. The molecule has 1 aromatic heterocycles. The lowest BCUT2D eigenvalue weighted by atomic mass is 9.86. The van der Waals surface area contributed by atoms with Crippen molar-refractivity contribution in [1.29, 1.82) is 0 Å². The van der Waals surface area contributed by atoms with Gasteiger partial charge in [0.05, 0.1) is 42.1 Å². The number of aromatic nitrogens is 2. The van der Waals surface area contributed by atoms with Crippen LogP contribution in [0.15, 0.2) is 35.6 Å². The van der Waals surface area contributed by atoms with Gasteiger partial charge >= 0.3 is 5.97 Å². The number of carbonyl (C=O) groups excluding carboxylic acids is 4. The molecule has 0 spiro atoms. The van der Waals surface area contributed by atoms with E-state index in [1.54, 1.807) is 18.2 Å². The Kier molecular flexibility index (Phi) is 11.3. The Morgan fingerprint density at radius 1 is 0.966 bits per heavy atom. The van der Waals surface area contributed by atoms with Crippen LogP contribution in [-0.2, 0) is 40.5 Å². The van der Waals surface area contributed by atoms with Crippen LogP contribution in [-0.4, -0.2) is 89.3 Å². The molecule has 15 nitrogen and oxygen atoms in total. The molecule has 0 radical (unpaired) electrons. The van der Waals surface area contributed by atoms with Crippen molar-refractivity contribution < 1.29 is 41.8 Å². The van der Waals surface area contributed by atoms with Crippen LogP contribution in [0, 0.1) is 23.7 Å². The Balaban J connectivity index is 1.14. The fourth-order valence-electron chi connectivity index (χ4n) is 9.90. The number of hydrogen-bond donors (Lipinski definition) is 2. The van der Waals surface area contributed by atoms with E-state index in [1.165, 1.54) is 22.7 Å². The quantitative estimate of drug-likeness (QED) is 0.290. The first-order valence-corrected chi connectivity index (χ1v) is 22.7. The molecular formula is C42H55N5O10S. The third kappa shape index (κ3) is 8.09. The first-order chi connectivity index (χ1) is 27.9. The Labute approximate surface area is 338 Å². The minimum Gasteiger partial charge on any atom is -0.497 e. The molecule has 6 aliphatic rings. The second-order valence-corrected chi connectivity index (χ2v) is 19.3. The van der Waals surface area contributed by atoms with E-state index in [4.69, 9.17) is 19.2 Å². The molecule has 2 N–H and O–H groups in total. The van der Waals surface area contributed by atoms with Crippen molar-refractivity contribution in [3.05, 3.63) is 41.2 Å². The average molecular weight is 822 g/mol. The highest BCUT2D eigenvalue weighted by molar-refractivity contribution is 7.91. The van der Waals surface area contributed by atoms with Crippen LogP contribution in [0.2, 0.25) is 0 Å². The molecule has 3 heterocycles. The number of benzene rings is 1. The van der Waals surface area contributed by atoms with E-state index in [2.05, 4.69) is 16.6 Å². The molecule has 7 atom stereocenters. The highest BCUT2D eigenvalue weighted by Gasteiger charge is 2.62. The second-order valence-electron chi connectivity index (χ2n) is 17.3. The minimum absolute atomic E-state index is 0.00793. The molecule has 4 aliphatic carbocycles. The number of rotatable bonds is 8. The Bertz CT molecular complexity index is 2130. The summed E-state index contributed by atoms with van der Waals surface area (Å²) < 4.78 is 47.5. The number of methoxy groups -OCH3 is 1. The molecule has 314 valence electrons. The van der Waals surface area contributed by atoms with E-state index in [0.717, 1.165) is 64.2 Å². The number of ether oxygens (including phenoxy) is 3. The highest BCUT2D eigenvalue weighted by Crippen LogP contribution is 2.46. The molecule has 4 saturated carbocycles. The predicted octanol–water partition coefficient (Wildman–Crippen LogP) is 3.91. The summed E-state index contributed by atoms with van der Waals surface area (Å²) in [6.07, 6.45) is 10.8. The Hall–Kier alpha value is -4.47. The number of esters is 1. The van der Waals surface area contributed by atoms with Crippen molar-refractivity contribution >= 4 is 44.6 Å². The lowest BCUT2D eigenvalue weighted by molar-refractivity contribution is -0.156. The fourth-order valence-corrected chi connectivity index (χ4v) is 11.3. The molecule has 58 heavy (non-hydrogen) atoms. The number of nitrogens with zero attached hydrogens (tertiary/aromatic N) is 3. The summed E-state index contributed by atoms with van der Waals surface area (Å²) in [6.45, 7) is 4.09. The van der Waals surface area contributed by atoms with Crippen LogP contribution in [0.5, 0.6) is 11.8 Å². The van der Waals surface area contributed by atoms with Gasteiger partial charge in [0.2, 0.25) is 21.8 Å². The number of fused-ring (bicyclic) bond motifs is 5. The fraction of sp³-hybridized carbons (Fsp3) is 0.667. The summed E-state index contributed by atoms with van der Waals surface area (Å²) >= 11 is 0. The first-order valence-electron chi connectivity index (χ1n) is 21.2. The van der Waals surface area contributed by atoms with Crippen molar-refractivity contribution in [2.45, 2.75) is 138 Å². The molecule has 1 aromatic carbocycles. The van der Waals surface area contributed by atoms with Crippen molar-refractivity contribution in [2.24, 2.45) is 23.7 Å². The van der Waals surface area contributed by atoms with Crippen molar-refractivity contribution in [1.82, 2.24) is 24.5 Å². The van der Waals surface area contributed by atoms with Gasteiger partial charge in [-0.2, -0.15) is 4.98 Å². The van der Waals surface area contributed by atoms with Gasteiger partial charge in [-0.25, -0.2) is 8.42 Å². The van der Waals surface area contributed by atoms with Gasteiger partial charge in [-0.3, -0.25) is 33.3 Å². The van der Waals surface area contributed by atoms with Gasteiger partial charge in [-0.05, 0) is 88.2 Å². The molecule has 2 aromatic rings. The van der Waals surface area contributed by atoms with Crippen LogP contribution in [0.1, 0.15) is 103 Å². The molecule has 8 rings (SSSR count). The van der Waals surface area contributed by atoms with Crippen LogP contribution in [0.4, 0.5) is 0 Å². The first kappa shape index (κ1) is 40.3. The number of sulfonamides is 1. The Morgan fingerprint density at radius 3 is 2.43 bits per heavy atom. The van der Waals surface area contributed by atoms with Crippen molar-refractivity contribution in [2.75, 3.05) is 13.7 Å². The van der Waals surface area contributed by atoms with Gasteiger partial charge < -0.3 is 24.4 Å². The van der Waals surface area contributed by atoms with E-state index >= 15 is 0 Å². The standard InChI is InChI=1S/C42H55N5O10S/c1-3-27-23-42(27,40(52)45-58(53,54)30-16-17-30)44-37(49)34-21-29-24-47(34)39(51)32(25-10-6-7-11-25)22-36(48)57-35-14-9-13-26(35)12-5-4-8-19-46-38(50)31-18-15-28(55-2)20-33(31)43-41(46)56-29/h3,15,18,20,25-27,29-30,32,34-35H,1,4-14,16-17,19,21-24H2,2H3,(H,44,49)(H,45,52)/t26-,27+,29-,32+,34+,35-,42-/m1/s1. The summed E-state index contributed by atoms with van der Waals surface area (Å²) in [6, 6.07) is 3.97. The monoisotopic (exact) mass is 821 g/mol. The zero-order valence-corrected chi connectivity index (χ0v) is 34.0. The van der Waals surface area contributed by atoms with E-state index in [9.17, 15) is 32.4 Å². The van der Waals surface area contributed by atoms with Gasteiger partial charge in [0.1, 0.15) is 29.5 Å². The van der Waals surface area contributed by atoms with Gasteiger partial charge in [-0.15, -0.1) is 6.58 Å². The molecular weight excluding hydrogens is 767 g/mol. The van der Waals surface area contributed by atoms with Gasteiger partial charge in [-0.1, -0.05) is 31.8 Å². The number of amides is 3. The van der Waals surface area contributed by atoms with E-state index in [1.807, 2.05) is 0 Å². The van der Waals surface area contributed by atoms with Crippen LogP contribution in [0.3, 0.4) is 0 Å². The van der Waals surface area contributed by atoms with E-state index < -0.39 is 62.6 Å². The smallest absolute Gasteiger partial charge is 0.306 e. The average Bonchev–Trinajstić information content (AvgIpc) is 3.99. The Morgan fingerprint density at radius 2 is 1.71 bits per heavy atom. The maximum atomic E-state index is 14.9. The van der Waals surface area contributed by atoms with Crippen LogP contribution >= 0.6 is 0 Å². The molecule has 1 saturated heterocycles. The molecule has 16 heteroatoms. The third-order valence-electron chi connectivity index (χ3n) is 13.5. The zero-order chi connectivity index (χ0) is 40.8. The van der Waals surface area contributed by atoms with Crippen LogP contribution < -0.4 is 25.1 Å². The summed E-state index contributed by atoms with van der Waals surface area (Å²) in [7, 11) is -2.39. The maximum Gasteiger partial charge on any atom is 0.306 e. The van der Waals surface area contributed by atoms with E-state index in [0.29, 0.717) is 42.5 Å². The largest absolute Gasteiger partial charge is 0.497 e. The van der Waals surface area contributed by atoms with Crippen LogP contribution in [0.25, 0.3) is 10.9 Å². The lowest BCUT2D eigenvalue weighted by Gasteiger charge is -2.32. The van der Waals surface area contributed by atoms with Gasteiger partial charge in [0.15, 0.2) is 0 Å². The topological polar surface area (TPSA) is 192 Å². The minimum atomic E-state index is -3.92. The third-order valence-corrected chi connectivity index (χ3v) is 15.3. The summed E-state index contributed by atoms with van der Waals surface area (Å²) in [4.78, 5) is 77.2. The normalized spacial score (nSPS) is 30.9. The molecule has 5 fully saturated rings. The van der Waals surface area contributed by atoms with Crippen molar-refractivity contribution in [3.8, 4) is 11.8 Å². The molecule has 0 unspecified atom stereocenters. The maximum absolute atomic E-state index is 14.9. The number of carbonyl (C=O) groups is 4.